The van der Waals surface area contributed by atoms with Gasteiger partial charge in [-0.25, -0.2) is 5.43 Å². The maximum atomic E-state index is 11.1. The molecule has 1 atom stereocenters. The van der Waals surface area contributed by atoms with Crippen molar-refractivity contribution in [3.8, 4) is 0 Å². The predicted molar refractivity (Wildman–Crippen MR) is 54.1 cm³/mol. The van der Waals surface area contributed by atoms with E-state index in [-0.39, 0.29) is 24.9 Å². The minimum Gasteiger partial charge on any atom is -0.396 e. The SMILES string of the molecule is O=C1CC(CO)C(c2cccnc2)=NN1. The van der Waals surface area contributed by atoms with Crippen LogP contribution < -0.4 is 5.43 Å². The van der Waals surface area contributed by atoms with Gasteiger partial charge in [0.15, 0.2) is 0 Å². The Bertz CT molecular complexity index is 389. The molecule has 78 valence electrons. The van der Waals surface area contributed by atoms with E-state index in [2.05, 4.69) is 15.5 Å². The summed E-state index contributed by atoms with van der Waals surface area (Å²) in [5.41, 5.74) is 3.92. The van der Waals surface area contributed by atoms with Crippen LogP contribution in [0, 0.1) is 5.92 Å². The number of nitrogens with zero attached hydrogens (tertiary/aromatic N) is 2. The Kier molecular flexibility index (Phi) is 2.73. The number of rotatable bonds is 2. The topological polar surface area (TPSA) is 74.6 Å². The molecular weight excluding hydrogens is 194 g/mol. The van der Waals surface area contributed by atoms with Crippen molar-refractivity contribution in [2.45, 2.75) is 6.42 Å². The van der Waals surface area contributed by atoms with Gasteiger partial charge in [-0.15, -0.1) is 0 Å². The molecule has 0 bridgehead atoms. The zero-order chi connectivity index (χ0) is 10.7. The third-order valence-corrected chi connectivity index (χ3v) is 2.30. The molecule has 2 rings (SSSR count). The van der Waals surface area contributed by atoms with Gasteiger partial charge in [0.1, 0.15) is 0 Å². The minimum absolute atomic E-state index is 0.0822. The molecule has 1 aliphatic heterocycles. The lowest BCUT2D eigenvalue weighted by Gasteiger charge is -2.20. The van der Waals surface area contributed by atoms with Gasteiger partial charge >= 0.3 is 0 Å². The van der Waals surface area contributed by atoms with Crippen LogP contribution in [-0.4, -0.2) is 28.3 Å². The van der Waals surface area contributed by atoms with E-state index in [0.29, 0.717) is 5.71 Å². The number of aromatic nitrogens is 1. The van der Waals surface area contributed by atoms with Gasteiger partial charge in [-0.2, -0.15) is 5.10 Å². The lowest BCUT2D eigenvalue weighted by Crippen LogP contribution is -2.35. The van der Waals surface area contributed by atoms with Gasteiger partial charge in [0.2, 0.25) is 5.91 Å². The molecular formula is C10H11N3O2. The fourth-order valence-corrected chi connectivity index (χ4v) is 1.55. The highest BCUT2D eigenvalue weighted by Crippen LogP contribution is 2.15. The number of hydrogen-bond donors (Lipinski definition) is 2. The first kappa shape index (κ1) is 9.79. The molecule has 0 saturated carbocycles. The number of aliphatic hydroxyl groups excluding tert-OH is 1. The number of pyridine rings is 1. The third kappa shape index (κ3) is 2.02. The smallest absolute Gasteiger partial charge is 0.240 e. The van der Waals surface area contributed by atoms with E-state index >= 15 is 0 Å². The first-order chi connectivity index (χ1) is 7.31. The molecule has 15 heavy (non-hydrogen) atoms. The van der Waals surface area contributed by atoms with E-state index in [1.165, 1.54) is 0 Å². The molecule has 5 heteroatoms. The van der Waals surface area contributed by atoms with Crippen LogP contribution in [0.4, 0.5) is 0 Å². The molecule has 0 aromatic carbocycles. The highest BCUT2D eigenvalue weighted by Gasteiger charge is 2.24. The van der Waals surface area contributed by atoms with E-state index < -0.39 is 0 Å². The second-order valence-electron chi connectivity index (χ2n) is 3.36. The Balaban J connectivity index is 2.31. The summed E-state index contributed by atoms with van der Waals surface area (Å²) in [6.45, 7) is -0.0822. The summed E-state index contributed by atoms with van der Waals surface area (Å²) >= 11 is 0. The first-order valence-electron chi connectivity index (χ1n) is 4.69. The van der Waals surface area contributed by atoms with E-state index in [1.54, 1.807) is 18.5 Å². The van der Waals surface area contributed by atoms with Gasteiger partial charge in [0, 0.05) is 30.3 Å². The van der Waals surface area contributed by atoms with Crippen molar-refractivity contribution in [2.24, 2.45) is 11.0 Å². The van der Waals surface area contributed by atoms with Crippen LogP contribution in [0.1, 0.15) is 12.0 Å². The second-order valence-corrected chi connectivity index (χ2v) is 3.36. The standard InChI is InChI=1S/C10H11N3O2/c14-6-8-4-9(15)12-13-10(8)7-2-1-3-11-5-7/h1-3,5,8,14H,4,6H2,(H,12,15). The zero-order valence-electron chi connectivity index (χ0n) is 8.05. The Labute approximate surface area is 86.8 Å². The monoisotopic (exact) mass is 205 g/mol. The highest BCUT2D eigenvalue weighted by atomic mass is 16.3. The Morgan fingerprint density at radius 3 is 3.13 bits per heavy atom. The first-order valence-corrected chi connectivity index (χ1v) is 4.69. The molecule has 1 amide bonds. The van der Waals surface area contributed by atoms with Gasteiger partial charge < -0.3 is 5.11 Å². The average Bonchev–Trinajstić information content (AvgIpc) is 2.30. The van der Waals surface area contributed by atoms with Crippen LogP contribution in [0.25, 0.3) is 0 Å². The largest absolute Gasteiger partial charge is 0.396 e. The summed E-state index contributed by atoms with van der Waals surface area (Å²) in [7, 11) is 0. The van der Waals surface area contributed by atoms with Crippen molar-refractivity contribution in [1.82, 2.24) is 10.4 Å². The van der Waals surface area contributed by atoms with Crippen molar-refractivity contribution < 1.29 is 9.90 Å². The molecule has 1 aromatic heterocycles. The van der Waals surface area contributed by atoms with Gasteiger partial charge in [0.25, 0.3) is 0 Å². The summed E-state index contributed by atoms with van der Waals surface area (Å²) in [4.78, 5) is 15.0. The van der Waals surface area contributed by atoms with E-state index in [9.17, 15) is 4.79 Å². The summed E-state index contributed by atoms with van der Waals surface area (Å²) < 4.78 is 0. The van der Waals surface area contributed by atoms with Gasteiger partial charge in [0.05, 0.1) is 12.3 Å². The maximum Gasteiger partial charge on any atom is 0.240 e. The van der Waals surface area contributed by atoms with Crippen molar-refractivity contribution in [1.29, 1.82) is 0 Å². The molecule has 0 fully saturated rings. The number of amides is 1. The summed E-state index contributed by atoms with van der Waals surface area (Å²) in [5.74, 6) is -0.398. The van der Waals surface area contributed by atoms with E-state index in [0.717, 1.165) is 5.56 Å². The Hall–Kier alpha value is -1.75. The number of aliphatic hydroxyl groups is 1. The van der Waals surface area contributed by atoms with Crippen LogP contribution >= 0.6 is 0 Å². The molecule has 1 aromatic rings. The molecule has 5 nitrogen and oxygen atoms in total. The van der Waals surface area contributed by atoms with Gasteiger partial charge in [-0.05, 0) is 12.1 Å². The van der Waals surface area contributed by atoms with Crippen LogP contribution in [-0.2, 0) is 4.79 Å². The molecule has 1 unspecified atom stereocenters. The molecule has 0 radical (unpaired) electrons. The number of hydrazone groups is 1. The molecule has 2 N–H and O–H groups in total. The number of carbonyl (C=O) groups excluding carboxylic acids is 1. The van der Waals surface area contributed by atoms with Crippen molar-refractivity contribution in [3.05, 3.63) is 30.1 Å². The van der Waals surface area contributed by atoms with Gasteiger partial charge in [-0.3, -0.25) is 9.78 Å². The molecule has 0 spiro atoms. The van der Waals surface area contributed by atoms with Crippen molar-refractivity contribution in [2.75, 3.05) is 6.61 Å². The maximum absolute atomic E-state index is 11.1. The minimum atomic E-state index is -0.233. The van der Waals surface area contributed by atoms with Crippen LogP contribution in [0.15, 0.2) is 29.6 Å². The van der Waals surface area contributed by atoms with Crippen LogP contribution in [0.2, 0.25) is 0 Å². The fourth-order valence-electron chi connectivity index (χ4n) is 1.55. The predicted octanol–water partition coefficient (Wildman–Crippen LogP) is -0.0859. The van der Waals surface area contributed by atoms with Crippen molar-refractivity contribution >= 4 is 11.6 Å². The number of carbonyl (C=O) groups is 1. The molecule has 0 aliphatic carbocycles. The number of nitrogens with one attached hydrogen (secondary N) is 1. The summed E-state index contributed by atoms with van der Waals surface area (Å²) in [5, 5.41) is 13.1. The molecule has 1 aliphatic rings. The second kappa shape index (κ2) is 4.18. The fraction of sp³-hybridized carbons (Fsp3) is 0.300. The van der Waals surface area contributed by atoms with Crippen molar-refractivity contribution in [3.63, 3.8) is 0 Å². The lowest BCUT2D eigenvalue weighted by molar-refractivity contribution is -0.122. The Morgan fingerprint density at radius 2 is 2.47 bits per heavy atom. The normalized spacial score (nSPS) is 20.7. The average molecular weight is 205 g/mol. The zero-order valence-corrected chi connectivity index (χ0v) is 8.05. The van der Waals surface area contributed by atoms with Crippen LogP contribution in [0.3, 0.4) is 0 Å². The van der Waals surface area contributed by atoms with Gasteiger partial charge in [-0.1, -0.05) is 0 Å². The highest BCUT2D eigenvalue weighted by molar-refractivity contribution is 6.05. The molecule has 0 saturated heterocycles. The summed E-state index contributed by atoms with van der Waals surface area (Å²) in [6, 6.07) is 3.65. The van der Waals surface area contributed by atoms with Crippen LogP contribution in [0.5, 0.6) is 0 Å². The lowest BCUT2D eigenvalue weighted by atomic mass is 9.94. The Morgan fingerprint density at radius 1 is 1.60 bits per heavy atom. The quantitative estimate of drug-likeness (QED) is 0.708. The third-order valence-electron chi connectivity index (χ3n) is 2.30. The number of hydrogen-bond acceptors (Lipinski definition) is 4. The van der Waals surface area contributed by atoms with E-state index in [4.69, 9.17) is 5.11 Å². The molecule has 2 heterocycles. The van der Waals surface area contributed by atoms with E-state index in [1.807, 2.05) is 6.07 Å². The summed E-state index contributed by atoms with van der Waals surface area (Å²) in [6.07, 6.45) is 3.60.